The van der Waals surface area contributed by atoms with E-state index in [0.29, 0.717) is 0 Å². The topological polar surface area (TPSA) is 35.2 Å². The first-order valence-electron chi connectivity index (χ1n) is 5.57. The van der Waals surface area contributed by atoms with E-state index in [1.165, 1.54) is 31.3 Å². The molecule has 0 bridgehead atoms. The maximum Gasteiger partial charge on any atom is 0.0811 e. The van der Waals surface area contributed by atoms with E-state index in [0.717, 1.165) is 6.42 Å². The average molecular weight is 197 g/mol. The van der Waals surface area contributed by atoms with Crippen molar-refractivity contribution in [2.45, 2.75) is 57.6 Å². The predicted octanol–water partition coefficient (Wildman–Crippen LogP) is 2.63. The van der Waals surface area contributed by atoms with Crippen LogP contribution in [0.1, 0.15) is 46.0 Å². The van der Waals surface area contributed by atoms with Gasteiger partial charge in [-0.15, -0.1) is 0 Å². The molecule has 1 rings (SSSR count). The first-order chi connectivity index (χ1) is 6.58. The minimum atomic E-state index is -0.240. The van der Waals surface area contributed by atoms with Crippen molar-refractivity contribution in [2.24, 2.45) is 5.73 Å². The van der Waals surface area contributed by atoms with Crippen LogP contribution < -0.4 is 5.73 Å². The second-order valence-electron chi connectivity index (χ2n) is 4.66. The molecule has 0 amide bonds. The van der Waals surface area contributed by atoms with Gasteiger partial charge < -0.3 is 10.5 Å². The lowest BCUT2D eigenvalue weighted by molar-refractivity contribution is 0.00900. The Balaban J connectivity index is 2.66. The second-order valence-corrected chi connectivity index (χ2v) is 4.66. The summed E-state index contributed by atoms with van der Waals surface area (Å²) in [5.74, 6) is 0. The van der Waals surface area contributed by atoms with E-state index < -0.39 is 0 Å². The van der Waals surface area contributed by atoms with Gasteiger partial charge in [0.2, 0.25) is 0 Å². The number of nitrogens with two attached hydrogens (primary N) is 1. The van der Waals surface area contributed by atoms with Gasteiger partial charge in [0.25, 0.3) is 0 Å². The SMILES string of the molecule is COC(C)(C)C(N)C1=CCCCCC1. The van der Waals surface area contributed by atoms with Crippen LogP contribution in [0.3, 0.4) is 0 Å². The molecule has 2 N–H and O–H groups in total. The number of rotatable bonds is 3. The molecule has 2 heteroatoms. The van der Waals surface area contributed by atoms with Gasteiger partial charge in [0.15, 0.2) is 0 Å². The van der Waals surface area contributed by atoms with E-state index in [1.807, 2.05) is 0 Å². The van der Waals surface area contributed by atoms with E-state index in [2.05, 4.69) is 19.9 Å². The van der Waals surface area contributed by atoms with Crippen LogP contribution in [0.15, 0.2) is 11.6 Å². The minimum absolute atomic E-state index is 0.0469. The van der Waals surface area contributed by atoms with Crippen molar-refractivity contribution in [1.29, 1.82) is 0 Å². The summed E-state index contributed by atoms with van der Waals surface area (Å²) < 4.78 is 5.43. The quantitative estimate of drug-likeness (QED) is 0.706. The molecule has 0 aromatic carbocycles. The summed E-state index contributed by atoms with van der Waals surface area (Å²) in [7, 11) is 1.73. The Morgan fingerprint density at radius 3 is 2.71 bits per heavy atom. The fraction of sp³-hybridized carbons (Fsp3) is 0.833. The average Bonchev–Trinajstić information content (AvgIpc) is 2.44. The molecule has 0 aromatic rings. The number of hydrogen-bond acceptors (Lipinski definition) is 2. The third-order valence-electron chi connectivity index (χ3n) is 3.25. The van der Waals surface area contributed by atoms with E-state index in [4.69, 9.17) is 10.5 Å². The van der Waals surface area contributed by atoms with E-state index in [1.54, 1.807) is 7.11 Å². The molecule has 0 aliphatic heterocycles. The van der Waals surface area contributed by atoms with E-state index >= 15 is 0 Å². The predicted molar refractivity (Wildman–Crippen MR) is 60.2 cm³/mol. The molecule has 1 aliphatic rings. The van der Waals surface area contributed by atoms with Crippen molar-refractivity contribution in [2.75, 3.05) is 7.11 Å². The van der Waals surface area contributed by atoms with Crippen molar-refractivity contribution < 1.29 is 4.74 Å². The zero-order valence-corrected chi connectivity index (χ0v) is 9.68. The van der Waals surface area contributed by atoms with Crippen LogP contribution in [0.4, 0.5) is 0 Å². The highest BCUT2D eigenvalue weighted by molar-refractivity contribution is 5.16. The summed E-state index contributed by atoms with van der Waals surface area (Å²) in [4.78, 5) is 0. The fourth-order valence-electron chi connectivity index (χ4n) is 1.90. The van der Waals surface area contributed by atoms with Gasteiger partial charge in [-0.25, -0.2) is 0 Å². The molecule has 0 saturated heterocycles. The molecule has 2 nitrogen and oxygen atoms in total. The summed E-state index contributed by atoms with van der Waals surface area (Å²) >= 11 is 0. The van der Waals surface area contributed by atoms with E-state index in [-0.39, 0.29) is 11.6 Å². The third-order valence-corrected chi connectivity index (χ3v) is 3.25. The maximum absolute atomic E-state index is 6.21. The van der Waals surface area contributed by atoms with Crippen LogP contribution in [0.25, 0.3) is 0 Å². The highest BCUT2D eigenvalue weighted by atomic mass is 16.5. The molecular weight excluding hydrogens is 174 g/mol. The molecule has 1 unspecified atom stereocenters. The second kappa shape index (κ2) is 4.94. The molecule has 0 heterocycles. The Bertz CT molecular complexity index is 208. The molecule has 0 saturated carbocycles. The van der Waals surface area contributed by atoms with E-state index in [9.17, 15) is 0 Å². The molecule has 14 heavy (non-hydrogen) atoms. The van der Waals surface area contributed by atoms with Crippen LogP contribution in [0.5, 0.6) is 0 Å². The van der Waals surface area contributed by atoms with Crippen molar-refractivity contribution in [3.63, 3.8) is 0 Å². The van der Waals surface area contributed by atoms with Crippen LogP contribution in [-0.4, -0.2) is 18.8 Å². The van der Waals surface area contributed by atoms with Crippen LogP contribution in [0, 0.1) is 0 Å². The number of allylic oxidation sites excluding steroid dienone is 1. The Morgan fingerprint density at radius 2 is 2.07 bits per heavy atom. The highest BCUT2D eigenvalue weighted by Crippen LogP contribution is 2.25. The first kappa shape index (κ1) is 11.7. The van der Waals surface area contributed by atoms with Gasteiger partial charge in [-0.05, 0) is 39.5 Å². The summed E-state index contributed by atoms with van der Waals surface area (Å²) in [6.45, 7) is 4.12. The largest absolute Gasteiger partial charge is 0.377 e. The van der Waals surface area contributed by atoms with Gasteiger partial charge >= 0.3 is 0 Å². The molecule has 82 valence electrons. The number of ether oxygens (including phenoxy) is 1. The van der Waals surface area contributed by atoms with Crippen LogP contribution >= 0.6 is 0 Å². The van der Waals surface area contributed by atoms with Crippen molar-refractivity contribution in [1.82, 2.24) is 0 Å². The Hall–Kier alpha value is -0.340. The lowest BCUT2D eigenvalue weighted by atomic mass is 9.90. The Morgan fingerprint density at radius 1 is 1.36 bits per heavy atom. The van der Waals surface area contributed by atoms with Crippen molar-refractivity contribution >= 4 is 0 Å². The summed E-state index contributed by atoms with van der Waals surface area (Å²) in [6, 6.07) is 0.0469. The molecular formula is C12H23NO. The summed E-state index contributed by atoms with van der Waals surface area (Å²) in [5, 5.41) is 0. The molecule has 0 fully saturated rings. The molecule has 1 atom stereocenters. The lowest BCUT2D eigenvalue weighted by Crippen LogP contribution is -2.45. The molecule has 1 aliphatic carbocycles. The van der Waals surface area contributed by atoms with Gasteiger partial charge in [-0.1, -0.05) is 18.1 Å². The standard InChI is InChI=1S/C12H23NO/c1-12(2,14-3)11(13)10-8-6-4-5-7-9-10/h8,11H,4-7,9,13H2,1-3H3. The monoisotopic (exact) mass is 197 g/mol. The maximum atomic E-state index is 6.21. The lowest BCUT2D eigenvalue weighted by Gasteiger charge is -2.32. The van der Waals surface area contributed by atoms with Crippen LogP contribution in [0.2, 0.25) is 0 Å². The van der Waals surface area contributed by atoms with Gasteiger partial charge in [-0.2, -0.15) is 0 Å². The number of hydrogen-bond donors (Lipinski definition) is 1. The Kier molecular flexibility index (Phi) is 4.14. The minimum Gasteiger partial charge on any atom is -0.377 e. The van der Waals surface area contributed by atoms with Crippen molar-refractivity contribution in [3.05, 3.63) is 11.6 Å². The molecule has 0 spiro atoms. The zero-order chi connectivity index (χ0) is 10.6. The highest BCUT2D eigenvalue weighted by Gasteiger charge is 2.28. The van der Waals surface area contributed by atoms with Crippen LogP contribution in [-0.2, 0) is 4.74 Å². The van der Waals surface area contributed by atoms with Gasteiger partial charge in [0.05, 0.1) is 11.6 Å². The zero-order valence-electron chi connectivity index (χ0n) is 9.68. The van der Waals surface area contributed by atoms with Crippen molar-refractivity contribution in [3.8, 4) is 0 Å². The summed E-state index contributed by atoms with van der Waals surface area (Å²) in [6.07, 6.45) is 8.57. The summed E-state index contributed by atoms with van der Waals surface area (Å²) in [5.41, 5.74) is 7.36. The third kappa shape index (κ3) is 2.82. The first-order valence-corrected chi connectivity index (χ1v) is 5.57. The normalized spacial score (nSPS) is 21.3. The fourth-order valence-corrected chi connectivity index (χ4v) is 1.90. The van der Waals surface area contributed by atoms with Gasteiger partial charge in [-0.3, -0.25) is 0 Å². The smallest absolute Gasteiger partial charge is 0.0811 e. The molecule has 0 aromatic heterocycles. The van der Waals surface area contributed by atoms with Gasteiger partial charge in [0, 0.05) is 7.11 Å². The number of methoxy groups -OCH3 is 1. The molecule has 0 radical (unpaired) electrons. The Labute approximate surface area is 87.5 Å². The van der Waals surface area contributed by atoms with Gasteiger partial charge in [0.1, 0.15) is 0 Å².